The monoisotopic (exact) mass is 398 g/mol. The SMILES string of the molecule is CCCCCCCCCCCCCCCC(=O)NC(O)CCN1CCOCC1. The average Bonchev–Trinajstić information content (AvgIpc) is 2.70. The first-order valence-electron chi connectivity index (χ1n) is 12.0. The topological polar surface area (TPSA) is 61.8 Å². The number of carbonyl (C=O) groups excluding carboxylic acids is 1. The molecule has 0 radical (unpaired) electrons. The number of nitrogens with zero attached hydrogens (tertiary/aromatic N) is 1. The van der Waals surface area contributed by atoms with Gasteiger partial charge in [0.2, 0.25) is 5.91 Å². The lowest BCUT2D eigenvalue weighted by atomic mass is 10.0. The van der Waals surface area contributed by atoms with E-state index in [9.17, 15) is 9.90 Å². The van der Waals surface area contributed by atoms with Gasteiger partial charge >= 0.3 is 0 Å². The first-order chi connectivity index (χ1) is 13.7. The molecule has 0 spiro atoms. The van der Waals surface area contributed by atoms with E-state index in [1.54, 1.807) is 0 Å². The summed E-state index contributed by atoms with van der Waals surface area (Å²) in [4.78, 5) is 14.2. The Hall–Kier alpha value is -0.650. The van der Waals surface area contributed by atoms with Gasteiger partial charge in [0.05, 0.1) is 13.2 Å². The van der Waals surface area contributed by atoms with Crippen LogP contribution in [0.5, 0.6) is 0 Å². The second kappa shape index (κ2) is 18.4. The zero-order chi connectivity index (χ0) is 20.3. The minimum absolute atomic E-state index is 0.0162. The molecule has 1 fully saturated rings. The predicted octanol–water partition coefficient (Wildman–Crippen LogP) is 4.62. The van der Waals surface area contributed by atoms with Crippen molar-refractivity contribution in [2.24, 2.45) is 0 Å². The Morgan fingerprint density at radius 3 is 1.93 bits per heavy atom. The predicted molar refractivity (Wildman–Crippen MR) is 116 cm³/mol. The highest BCUT2D eigenvalue weighted by molar-refractivity contribution is 5.75. The van der Waals surface area contributed by atoms with Crippen molar-refractivity contribution in [2.75, 3.05) is 32.8 Å². The molecule has 1 heterocycles. The van der Waals surface area contributed by atoms with Crippen molar-refractivity contribution in [2.45, 2.75) is 109 Å². The number of amides is 1. The number of rotatable bonds is 18. The molecule has 1 atom stereocenters. The summed E-state index contributed by atoms with van der Waals surface area (Å²) < 4.78 is 5.31. The second-order valence-corrected chi connectivity index (χ2v) is 8.32. The van der Waals surface area contributed by atoms with E-state index in [0.717, 1.165) is 45.7 Å². The van der Waals surface area contributed by atoms with Crippen molar-refractivity contribution >= 4 is 5.91 Å². The van der Waals surface area contributed by atoms with Crippen LogP contribution >= 0.6 is 0 Å². The maximum Gasteiger partial charge on any atom is 0.221 e. The van der Waals surface area contributed by atoms with E-state index < -0.39 is 6.23 Å². The van der Waals surface area contributed by atoms with Gasteiger partial charge in [-0.05, 0) is 6.42 Å². The van der Waals surface area contributed by atoms with Gasteiger partial charge in [0, 0.05) is 32.5 Å². The van der Waals surface area contributed by atoms with Crippen LogP contribution in [0, 0.1) is 0 Å². The summed E-state index contributed by atoms with van der Waals surface area (Å²) in [6.45, 7) is 6.44. The summed E-state index contributed by atoms with van der Waals surface area (Å²) in [5, 5.41) is 12.7. The summed E-state index contributed by atoms with van der Waals surface area (Å²) >= 11 is 0. The zero-order valence-electron chi connectivity index (χ0n) is 18.4. The highest BCUT2D eigenvalue weighted by Crippen LogP contribution is 2.13. The second-order valence-electron chi connectivity index (χ2n) is 8.32. The molecule has 166 valence electrons. The van der Waals surface area contributed by atoms with Gasteiger partial charge in [0.1, 0.15) is 6.23 Å². The maximum absolute atomic E-state index is 11.9. The molecule has 0 aromatic carbocycles. The van der Waals surface area contributed by atoms with Gasteiger partial charge in [-0.3, -0.25) is 9.69 Å². The molecule has 28 heavy (non-hydrogen) atoms. The third-order valence-corrected chi connectivity index (χ3v) is 5.66. The van der Waals surface area contributed by atoms with E-state index in [2.05, 4.69) is 17.1 Å². The fourth-order valence-electron chi connectivity index (χ4n) is 3.76. The lowest BCUT2D eigenvalue weighted by Crippen LogP contribution is -2.41. The number of hydrogen-bond donors (Lipinski definition) is 2. The lowest BCUT2D eigenvalue weighted by molar-refractivity contribution is -0.124. The Bertz CT molecular complexity index is 360. The molecule has 1 amide bonds. The standard InChI is InChI=1S/C23H46N2O3/c1-2-3-4-5-6-7-8-9-10-11-12-13-14-15-22(26)24-23(27)16-17-25-18-20-28-21-19-25/h23,27H,2-21H2,1H3,(H,24,26). The molecule has 0 aromatic rings. The van der Waals surface area contributed by atoms with Crippen LogP contribution in [-0.2, 0) is 9.53 Å². The van der Waals surface area contributed by atoms with E-state index in [1.807, 2.05) is 0 Å². The Balaban J connectivity index is 1.82. The third kappa shape index (κ3) is 15.3. The van der Waals surface area contributed by atoms with E-state index >= 15 is 0 Å². The molecule has 1 saturated heterocycles. The number of nitrogens with one attached hydrogen (secondary N) is 1. The Morgan fingerprint density at radius 2 is 1.39 bits per heavy atom. The summed E-state index contributed by atoms with van der Waals surface area (Å²) in [5.74, 6) is -0.0162. The van der Waals surface area contributed by atoms with Gasteiger partial charge < -0.3 is 15.2 Å². The number of hydrogen-bond acceptors (Lipinski definition) is 4. The highest BCUT2D eigenvalue weighted by atomic mass is 16.5. The Morgan fingerprint density at radius 1 is 0.893 bits per heavy atom. The van der Waals surface area contributed by atoms with Crippen molar-refractivity contribution in [3.8, 4) is 0 Å². The molecule has 2 N–H and O–H groups in total. The van der Waals surface area contributed by atoms with E-state index in [4.69, 9.17) is 4.74 Å². The van der Waals surface area contributed by atoms with Gasteiger partial charge in [-0.2, -0.15) is 0 Å². The number of aliphatic hydroxyl groups is 1. The minimum Gasteiger partial charge on any atom is -0.379 e. The number of ether oxygens (including phenoxy) is 1. The lowest BCUT2D eigenvalue weighted by Gasteiger charge is -2.27. The van der Waals surface area contributed by atoms with Crippen LogP contribution in [0.1, 0.15) is 103 Å². The molecule has 5 heteroatoms. The first kappa shape index (κ1) is 25.4. The largest absolute Gasteiger partial charge is 0.379 e. The molecular weight excluding hydrogens is 352 g/mol. The maximum atomic E-state index is 11.9. The molecular formula is C23H46N2O3. The molecule has 1 unspecified atom stereocenters. The third-order valence-electron chi connectivity index (χ3n) is 5.66. The highest BCUT2D eigenvalue weighted by Gasteiger charge is 2.13. The average molecular weight is 399 g/mol. The summed E-state index contributed by atoms with van der Waals surface area (Å²) in [5.41, 5.74) is 0. The van der Waals surface area contributed by atoms with Crippen molar-refractivity contribution in [1.29, 1.82) is 0 Å². The van der Waals surface area contributed by atoms with Gasteiger partial charge in [0.25, 0.3) is 0 Å². The van der Waals surface area contributed by atoms with Crippen molar-refractivity contribution in [3.63, 3.8) is 0 Å². The van der Waals surface area contributed by atoms with E-state index in [0.29, 0.717) is 12.8 Å². The smallest absolute Gasteiger partial charge is 0.221 e. The summed E-state index contributed by atoms with van der Waals surface area (Å²) in [6, 6.07) is 0. The van der Waals surface area contributed by atoms with Gasteiger partial charge in [-0.15, -0.1) is 0 Å². The van der Waals surface area contributed by atoms with E-state index in [1.165, 1.54) is 70.6 Å². The molecule has 0 bridgehead atoms. The fourth-order valence-corrected chi connectivity index (χ4v) is 3.76. The van der Waals surface area contributed by atoms with Crippen LogP contribution in [0.4, 0.5) is 0 Å². The molecule has 0 saturated carbocycles. The van der Waals surface area contributed by atoms with Crippen molar-refractivity contribution in [3.05, 3.63) is 0 Å². The molecule has 1 aliphatic rings. The van der Waals surface area contributed by atoms with Crippen LogP contribution in [0.25, 0.3) is 0 Å². The van der Waals surface area contributed by atoms with Crippen LogP contribution in [0.3, 0.4) is 0 Å². The van der Waals surface area contributed by atoms with Crippen LogP contribution in [0.2, 0.25) is 0 Å². The molecule has 0 aliphatic carbocycles. The number of aliphatic hydroxyl groups excluding tert-OH is 1. The van der Waals surface area contributed by atoms with Crippen molar-refractivity contribution < 1.29 is 14.6 Å². The van der Waals surface area contributed by atoms with E-state index in [-0.39, 0.29) is 5.91 Å². The number of unbranched alkanes of at least 4 members (excludes halogenated alkanes) is 12. The molecule has 1 rings (SSSR count). The van der Waals surface area contributed by atoms with Crippen molar-refractivity contribution in [1.82, 2.24) is 10.2 Å². The van der Waals surface area contributed by atoms with Crippen LogP contribution in [0.15, 0.2) is 0 Å². The van der Waals surface area contributed by atoms with Gasteiger partial charge in [0.15, 0.2) is 0 Å². The zero-order valence-corrected chi connectivity index (χ0v) is 18.4. The summed E-state index contributed by atoms with van der Waals surface area (Å²) in [7, 11) is 0. The van der Waals surface area contributed by atoms with Crippen LogP contribution < -0.4 is 5.32 Å². The number of morpholine rings is 1. The normalized spacial score (nSPS) is 16.2. The molecule has 5 nitrogen and oxygen atoms in total. The fraction of sp³-hybridized carbons (Fsp3) is 0.957. The molecule has 1 aliphatic heterocycles. The number of carbonyl (C=O) groups is 1. The minimum atomic E-state index is -0.725. The quantitative estimate of drug-likeness (QED) is 0.261. The molecule has 0 aromatic heterocycles. The Kier molecular flexibility index (Phi) is 16.7. The van der Waals surface area contributed by atoms with Crippen LogP contribution in [-0.4, -0.2) is 55.0 Å². The Labute approximate surface area is 173 Å². The summed E-state index contributed by atoms with van der Waals surface area (Å²) in [6.07, 6.45) is 17.4. The first-order valence-corrected chi connectivity index (χ1v) is 12.0. The van der Waals surface area contributed by atoms with Gasteiger partial charge in [-0.25, -0.2) is 0 Å². The van der Waals surface area contributed by atoms with Gasteiger partial charge in [-0.1, -0.05) is 84.0 Å².